The van der Waals surface area contributed by atoms with E-state index in [1.54, 1.807) is 44.2 Å². The predicted molar refractivity (Wildman–Crippen MR) is 97.8 cm³/mol. The zero-order valence-electron chi connectivity index (χ0n) is 15.5. The zero-order chi connectivity index (χ0) is 20.7. The molecule has 2 aromatic carbocycles. The number of halogens is 3. The summed E-state index contributed by atoms with van der Waals surface area (Å²) in [5.41, 5.74) is -0.582. The molecule has 2 amide bonds. The molecule has 0 bridgehead atoms. The van der Waals surface area contributed by atoms with E-state index in [9.17, 15) is 22.8 Å². The molecule has 0 saturated carbocycles. The quantitative estimate of drug-likeness (QED) is 0.755. The second kappa shape index (κ2) is 9.25. The summed E-state index contributed by atoms with van der Waals surface area (Å²) in [4.78, 5) is 23.8. The molecule has 2 rings (SSSR count). The first-order valence-corrected chi connectivity index (χ1v) is 8.63. The fraction of sp³-hybridized carbons (Fsp3) is 0.300. The standard InChI is InChI=1S/C20H21F3N2O3/c1-13(2)28-16-9-8-15(17(10-16)20(21,22)23)11-24-18(26)12-25-19(27)14-6-4-3-5-7-14/h3-10,13H,11-12H2,1-2H3,(H,24,26)(H,25,27). The monoisotopic (exact) mass is 394 g/mol. The number of nitrogens with one attached hydrogen (secondary N) is 2. The number of alkyl halides is 3. The van der Waals surface area contributed by atoms with E-state index in [1.165, 1.54) is 12.1 Å². The van der Waals surface area contributed by atoms with Crippen LogP contribution in [0.3, 0.4) is 0 Å². The van der Waals surface area contributed by atoms with Crippen LogP contribution in [0.25, 0.3) is 0 Å². The Morgan fingerprint density at radius 3 is 2.32 bits per heavy atom. The SMILES string of the molecule is CC(C)Oc1ccc(CNC(=O)CNC(=O)c2ccccc2)c(C(F)(F)F)c1. The minimum atomic E-state index is -4.59. The molecule has 150 valence electrons. The van der Waals surface area contributed by atoms with Gasteiger partial charge < -0.3 is 15.4 Å². The normalized spacial score (nSPS) is 11.2. The lowest BCUT2D eigenvalue weighted by Gasteiger charge is -2.17. The summed E-state index contributed by atoms with van der Waals surface area (Å²) < 4.78 is 45.2. The number of hydrogen-bond donors (Lipinski definition) is 2. The summed E-state index contributed by atoms with van der Waals surface area (Å²) in [6.45, 7) is 2.76. The molecule has 0 saturated heterocycles. The number of benzene rings is 2. The number of hydrogen-bond acceptors (Lipinski definition) is 3. The molecule has 0 aliphatic heterocycles. The second-order valence-corrected chi connectivity index (χ2v) is 6.31. The molecule has 5 nitrogen and oxygen atoms in total. The van der Waals surface area contributed by atoms with Crippen molar-refractivity contribution in [3.05, 3.63) is 65.2 Å². The van der Waals surface area contributed by atoms with Crippen LogP contribution in [0.1, 0.15) is 35.3 Å². The summed E-state index contributed by atoms with van der Waals surface area (Å²) in [5.74, 6) is -0.936. The van der Waals surface area contributed by atoms with Crippen molar-refractivity contribution in [1.82, 2.24) is 10.6 Å². The molecule has 0 spiro atoms. The highest BCUT2D eigenvalue weighted by Crippen LogP contribution is 2.34. The molecule has 0 fully saturated rings. The summed E-state index contributed by atoms with van der Waals surface area (Å²) in [7, 11) is 0. The Labute approximate surface area is 160 Å². The Kier molecular flexibility index (Phi) is 7.03. The molecule has 2 N–H and O–H groups in total. The second-order valence-electron chi connectivity index (χ2n) is 6.31. The van der Waals surface area contributed by atoms with Crippen molar-refractivity contribution in [2.45, 2.75) is 32.7 Å². The van der Waals surface area contributed by atoms with Gasteiger partial charge in [-0.05, 0) is 43.7 Å². The third-order valence-corrected chi connectivity index (χ3v) is 3.68. The van der Waals surface area contributed by atoms with Gasteiger partial charge in [0, 0.05) is 12.1 Å². The fourth-order valence-electron chi connectivity index (χ4n) is 2.43. The van der Waals surface area contributed by atoms with Gasteiger partial charge in [-0.15, -0.1) is 0 Å². The van der Waals surface area contributed by atoms with E-state index in [4.69, 9.17) is 4.74 Å². The summed E-state index contributed by atoms with van der Waals surface area (Å²) in [5, 5.41) is 4.80. The molecule has 28 heavy (non-hydrogen) atoms. The van der Waals surface area contributed by atoms with Crippen molar-refractivity contribution in [3.8, 4) is 5.75 Å². The van der Waals surface area contributed by atoms with E-state index in [2.05, 4.69) is 10.6 Å². The Bertz CT molecular complexity index is 821. The summed E-state index contributed by atoms with van der Waals surface area (Å²) >= 11 is 0. The molecule has 2 aromatic rings. The van der Waals surface area contributed by atoms with E-state index in [0.29, 0.717) is 5.56 Å². The average molecular weight is 394 g/mol. The highest BCUT2D eigenvalue weighted by Gasteiger charge is 2.34. The number of rotatable bonds is 7. The highest BCUT2D eigenvalue weighted by atomic mass is 19.4. The van der Waals surface area contributed by atoms with Crippen molar-refractivity contribution >= 4 is 11.8 Å². The molecule has 0 unspecified atom stereocenters. The molecule has 8 heteroatoms. The Hall–Kier alpha value is -3.03. The zero-order valence-corrected chi connectivity index (χ0v) is 15.5. The van der Waals surface area contributed by atoms with Crippen molar-refractivity contribution in [2.75, 3.05) is 6.54 Å². The first-order valence-electron chi connectivity index (χ1n) is 8.63. The lowest BCUT2D eigenvalue weighted by atomic mass is 10.1. The van der Waals surface area contributed by atoms with Crippen molar-refractivity contribution in [1.29, 1.82) is 0 Å². The molecule has 0 atom stereocenters. The van der Waals surface area contributed by atoms with Crippen LogP contribution in [0.4, 0.5) is 13.2 Å². The predicted octanol–water partition coefficient (Wildman–Crippen LogP) is 3.54. The van der Waals surface area contributed by atoms with Gasteiger partial charge in [-0.25, -0.2) is 0 Å². The number of ether oxygens (including phenoxy) is 1. The van der Waals surface area contributed by atoms with Crippen LogP contribution >= 0.6 is 0 Å². The Morgan fingerprint density at radius 1 is 1.04 bits per heavy atom. The smallest absolute Gasteiger partial charge is 0.416 e. The van der Waals surface area contributed by atoms with Crippen LogP contribution in [0.2, 0.25) is 0 Å². The number of carbonyl (C=O) groups excluding carboxylic acids is 2. The summed E-state index contributed by atoms with van der Waals surface area (Å²) in [6, 6.07) is 11.9. The van der Waals surface area contributed by atoms with Gasteiger partial charge in [0.25, 0.3) is 5.91 Å². The first kappa shape index (κ1) is 21.3. The average Bonchev–Trinajstić information content (AvgIpc) is 2.64. The maximum atomic E-state index is 13.3. The van der Waals surface area contributed by atoms with Gasteiger partial charge in [-0.2, -0.15) is 13.2 Å². The van der Waals surface area contributed by atoms with Crippen LogP contribution in [0.5, 0.6) is 5.75 Å². The molecule has 0 aliphatic carbocycles. The third kappa shape index (κ3) is 6.29. The molecular weight excluding hydrogens is 373 g/mol. The highest BCUT2D eigenvalue weighted by molar-refractivity contribution is 5.96. The lowest BCUT2D eigenvalue weighted by molar-refractivity contribution is -0.138. The van der Waals surface area contributed by atoms with Gasteiger partial charge in [0.1, 0.15) is 5.75 Å². The minimum Gasteiger partial charge on any atom is -0.491 e. The maximum absolute atomic E-state index is 13.3. The topological polar surface area (TPSA) is 67.4 Å². The van der Waals surface area contributed by atoms with Gasteiger partial charge >= 0.3 is 6.18 Å². The molecule has 0 aromatic heterocycles. The molecular formula is C20H21F3N2O3. The van der Waals surface area contributed by atoms with Gasteiger partial charge in [-0.1, -0.05) is 24.3 Å². The van der Waals surface area contributed by atoms with E-state index < -0.39 is 23.6 Å². The van der Waals surface area contributed by atoms with Crippen LogP contribution < -0.4 is 15.4 Å². The van der Waals surface area contributed by atoms with Gasteiger partial charge in [0.15, 0.2) is 0 Å². The van der Waals surface area contributed by atoms with Crippen molar-refractivity contribution in [3.63, 3.8) is 0 Å². The molecule has 0 radical (unpaired) electrons. The van der Waals surface area contributed by atoms with E-state index in [-0.39, 0.29) is 30.5 Å². The van der Waals surface area contributed by atoms with Crippen LogP contribution in [0.15, 0.2) is 48.5 Å². The van der Waals surface area contributed by atoms with Crippen molar-refractivity contribution < 1.29 is 27.5 Å². The number of amides is 2. The van der Waals surface area contributed by atoms with Crippen LogP contribution in [0, 0.1) is 0 Å². The molecule has 0 heterocycles. The van der Waals surface area contributed by atoms with Gasteiger partial charge in [0.05, 0.1) is 18.2 Å². The summed E-state index contributed by atoms with van der Waals surface area (Å²) in [6.07, 6.45) is -4.85. The van der Waals surface area contributed by atoms with Gasteiger partial charge in [0.2, 0.25) is 5.91 Å². The number of carbonyl (C=O) groups is 2. The van der Waals surface area contributed by atoms with Gasteiger partial charge in [-0.3, -0.25) is 9.59 Å². The Balaban J connectivity index is 1.97. The fourth-order valence-corrected chi connectivity index (χ4v) is 2.43. The Morgan fingerprint density at radius 2 is 1.71 bits per heavy atom. The van der Waals surface area contributed by atoms with Crippen LogP contribution in [-0.2, 0) is 17.5 Å². The van der Waals surface area contributed by atoms with E-state index in [0.717, 1.165) is 6.07 Å². The van der Waals surface area contributed by atoms with Crippen LogP contribution in [-0.4, -0.2) is 24.5 Å². The maximum Gasteiger partial charge on any atom is 0.416 e. The lowest BCUT2D eigenvalue weighted by Crippen LogP contribution is -2.36. The van der Waals surface area contributed by atoms with Crippen molar-refractivity contribution in [2.24, 2.45) is 0 Å². The molecule has 0 aliphatic rings. The first-order chi connectivity index (χ1) is 13.2. The van der Waals surface area contributed by atoms with E-state index in [1.807, 2.05) is 0 Å². The third-order valence-electron chi connectivity index (χ3n) is 3.68. The minimum absolute atomic E-state index is 0.0913. The largest absolute Gasteiger partial charge is 0.491 e. The van der Waals surface area contributed by atoms with E-state index >= 15 is 0 Å².